The lowest BCUT2D eigenvalue weighted by Gasteiger charge is -2.33. The molecule has 0 fully saturated rings. The Balaban J connectivity index is 4.40. The minimum Gasteiger partial charge on any atom is -0.374 e. The molecule has 0 bridgehead atoms. The summed E-state index contributed by atoms with van der Waals surface area (Å²) in [6.45, 7) is 16.3. The second-order valence-electron chi connectivity index (χ2n) is 4.85. The Kier molecular flexibility index (Phi) is 6.28. The molecule has 3 nitrogen and oxygen atoms in total. The first-order chi connectivity index (χ1) is 6.75. The highest BCUT2D eigenvalue weighted by Gasteiger charge is 2.39. The molecule has 0 N–H and O–H groups in total. The largest absolute Gasteiger partial charge is 0.497 e. The van der Waals surface area contributed by atoms with Gasteiger partial charge in [0.1, 0.15) is 0 Å². The summed E-state index contributed by atoms with van der Waals surface area (Å²) >= 11 is 0. The van der Waals surface area contributed by atoms with E-state index in [0.717, 1.165) is 0 Å². The van der Waals surface area contributed by atoms with Crippen LogP contribution in [0.25, 0.3) is 0 Å². The van der Waals surface area contributed by atoms with Crippen LogP contribution in [0, 0.1) is 0 Å². The fourth-order valence-corrected chi connectivity index (χ4v) is 5.10. The molecule has 1 unspecified atom stereocenters. The van der Waals surface area contributed by atoms with E-state index in [1.807, 2.05) is 20.4 Å². The zero-order chi connectivity index (χ0) is 12.1. The van der Waals surface area contributed by atoms with Gasteiger partial charge in [-0.25, -0.2) is 0 Å². The second-order valence-corrected chi connectivity index (χ2v) is 12.9. The molecular weight excluding hydrogens is 224 g/mol. The van der Waals surface area contributed by atoms with Crippen LogP contribution in [0.2, 0.25) is 26.2 Å². The van der Waals surface area contributed by atoms with Crippen molar-refractivity contribution in [1.82, 2.24) is 0 Å². The zero-order valence-corrected chi connectivity index (χ0v) is 13.2. The molecule has 0 aliphatic carbocycles. The molecule has 0 rings (SSSR count). The first-order valence-electron chi connectivity index (χ1n) is 5.71. The van der Waals surface area contributed by atoms with Crippen molar-refractivity contribution in [2.45, 2.75) is 52.7 Å². The Bertz CT molecular complexity index is 174. The predicted octanol–water partition coefficient (Wildman–Crippen LogP) is 2.91. The van der Waals surface area contributed by atoms with Crippen molar-refractivity contribution in [3.8, 4) is 0 Å². The topological polar surface area (TPSA) is 27.7 Å². The lowest BCUT2D eigenvalue weighted by molar-refractivity contribution is 0.0646. The van der Waals surface area contributed by atoms with E-state index in [4.69, 9.17) is 13.3 Å². The van der Waals surface area contributed by atoms with Crippen LogP contribution < -0.4 is 0 Å². The molecule has 1 atom stereocenters. The maximum absolute atomic E-state index is 6.04. The lowest BCUT2D eigenvalue weighted by atomic mass is 10.9. The van der Waals surface area contributed by atoms with Crippen LogP contribution in [0.3, 0.4) is 0 Å². The summed E-state index contributed by atoms with van der Waals surface area (Å²) < 4.78 is 17.3. The molecule has 0 aromatic carbocycles. The van der Waals surface area contributed by atoms with Crippen molar-refractivity contribution in [2.24, 2.45) is 0 Å². The van der Waals surface area contributed by atoms with Crippen LogP contribution in [0.1, 0.15) is 20.8 Å². The lowest BCUT2D eigenvalue weighted by Crippen LogP contribution is -2.51. The molecular formula is C10H26O3Si2. The first kappa shape index (κ1) is 15.3. The average Bonchev–Trinajstić information content (AvgIpc) is 2.02. The number of rotatable bonds is 7. The third-order valence-electron chi connectivity index (χ3n) is 2.42. The highest BCUT2D eigenvalue weighted by atomic mass is 28.4. The summed E-state index contributed by atoms with van der Waals surface area (Å²) in [6.07, 6.45) is 0. The van der Waals surface area contributed by atoms with Gasteiger partial charge in [-0.2, -0.15) is 0 Å². The first-order valence-corrected chi connectivity index (χ1v) is 11.5. The summed E-state index contributed by atoms with van der Waals surface area (Å²) in [5.74, 6) is 0. The van der Waals surface area contributed by atoms with Gasteiger partial charge in [0.15, 0.2) is 0 Å². The summed E-state index contributed by atoms with van der Waals surface area (Å²) in [5, 5.41) is 0. The molecule has 0 aromatic heterocycles. The maximum atomic E-state index is 6.04. The van der Waals surface area contributed by atoms with Gasteiger partial charge in [-0.15, -0.1) is 0 Å². The van der Waals surface area contributed by atoms with Crippen molar-refractivity contribution in [2.75, 3.05) is 13.2 Å². The van der Waals surface area contributed by atoms with E-state index in [9.17, 15) is 0 Å². The summed E-state index contributed by atoms with van der Waals surface area (Å²) in [5.41, 5.74) is 0.271. The van der Waals surface area contributed by atoms with Crippen LogP contribution >= 0.6 is 0 Å². The van der Waals surface area contributed by atoms with Gasteiger partial charge in [0.25, 0.3) is 0 Å². The maximum Gasteiger partial charge on any atom is 0.497 e. The van der Waals surface area contributed by atoms with Gasteiger partial charge in [0, 0.05) is 25.5 Å². The molecule has 15 heavy (non-hydrogen) atoms. The van der Waals surface area contributed by atoms with Crippen LogP contribution in [-0.2, 0) is 13.3 Å². The van der Waals surface area contributed by atoms with Crippen molar-refractivity contribution >= 4 is 16.9 Å². The Morgan fingerprint density at radius 1 is 0.933 bits per heavy atom. The van der Waals surface area contributed by atoms with Gasteiger partial charge < -0.3 is 13.3 Å². The number of hydrogen-bond donors (Lipinski definition) is 0. The highest BCUT2D eigenvalue weighted by Crippen LogP contribution is 2.18. The molecule has 0 amide bonds. The van der Waals surface area contributed by atoms with Crippen LogP contribution in [-0.4, -0.2) is 35.8 Å². The predicted molar refractivity (Wildman–Crippen MR) is 68.8 cm³/mol. The molecule has 92 valence electrons. The van der Waals surface area contributed by atoms with Gasteiger partial charge >= 0.3 is 8.80 Å². The van der Waals surface area contributed by atoms with E-state index in [1.54, 1.807) is 0 Å². The van der Waals surface area contributed by atoms with Crippen molar-refractivity contribution in [3.63, 3.8) is 0 Å². The Morgan fingerprint density at radius 2 is 1.33 bits per heavy atom. The van der Waals surface area contributed by atoms with Crippen LogP contribution in [0.5, 0.6) is 0 Å². The Morgan fingerprint density at radius 3 is 1.60 bits per heavy atom. The molecule has 5 heteroatoms. The summed E-state index contributed by atoms with van der Waals surface area (Å²) in [7, 11) is -3.66. The van der Waals surface area contributed by atoms with E-state index < -0.39 is 16.9 Å². The van der Waals surface area contributed by atoms with Crippen molar-refractivity contribution < 1.29 is 13.3 Å². The van der Waals surface area contributed by atoms with Crippen LogP contribution in [0.15, 0.2) is 0 Å². The molecule has 0 saturated heterocycles. The molecule has 0 saturated carbocycles. The third-order valence-corrected chi connectivity index (χ3v) is 7.62. The van der Waals surface area contributed by atoms with Gasteiger partial charge in [0.2, 0.25) is 0 Å². The Labute approximate surface area is 96.5 Å². The number of hydrogen-bond acceptors (Lipinski definition) is 3. The quantitative estimate of drug-likeness (QED) is 0.650. The zero-order valence-electron chi connectivity index (χ0n) is 11.2. The van der Waals surface area contributed by atoms with Gasteiger partial charge in [-0.1, -0.05) is 19.6 Å². The van der Waals surface area contributed by atoms with E-state index in [1.165, 1.54) is 0 Å². The SMILES string of the molecule is CCO[Si](C)(OCC)OC(C)[Si](C)(C)C. The minimum atomic E-state index is -2.39. The molecule has 0 spiro atoms. The monoisotopic (exact) mass is 250 g/mol. The van der Waals surface area contributed by atoms with Crippen molar-refractivity contribution in [3.05, 3.63) is 0 Å². The summed E-state index contributed by atoms with van der Waals surface area (Å²) in [4.78, 5) is 0. The van der Waals surface area contributed by atoms with Crippen LogP contribution in [0.4, 0.5) is 0 Å². The molecule has 0 aliphatic heterocycles. The van der Waals surface area contributed by atoms with E-state index in [0.29, 0.717) is 13.2 Å². The standard InChI is InChI=1S/C10H26O3Si2/c1-8-11-15(7,12-9-2)13-10(3)14(4,5)6/h10H,8-9H2,1-7H3. The minimum absolute atomic E-state index is 0.271. The van der Waals surface area contributed by atoms with Crippen molar-refractivity contribution in [1.29, 1.82) is 0 Å². The summed E-state index contributed by atoms with van der Waals surface area (Å²) in [6, 6.07) is 0. The normalized spacial score (nSPS) is 15.4. The van der Waals surface area contributed by atoms with Gasteiger partial charge in [-0.05, 0) is 20.8 Å². The molecule has 0 aromatic rings. The smallest absolute Gasteiger partial charge is 0.374 e. The molecule has 0 heterocycles. The van der Waals surface area contributed by atoms with Gasteiger partial charge in [0.05, 0.1) is 8.07 Å². The fraction of sp³-hybridized carbons (Fsp3) is 1.00. The molecule has 0 radical (unpaired) electrons. The van der Waals surface area contributed by atoms with Gasteiger partial charge in [-0.3, -0.25) is 0 Å². The Hall–Kier alpha value is 0.314. The average molecular weight is 250 g/mol. The van der Waals surface area contributed by atoms with E-state index >= 15 is 0 Å². The fourth-order valence-electron chi connectivity index (χ4n) is 1.13. The third kappa shape index (κ3) is 5.82. The molecule has 0 aliphatic rings. The second kappa shape index (κ2) is 6.15. The van der Waals surface area contributed by atoms with E-state index in [-0.39, 0.29) is 5.73 Å². The highest BCUT2D eigenvalue weighted by molar-refractivity contribution is 6.78. The van der Waals surface area contributed by atoms with E-state index in [2.05, 4.69) is 26.6 Å².